The van der Waals surface area contributed by atoms with Crippen LogP contribution in [-0.4, -0.2) is 65.8 Å². The van der Waals surface area contributed by atoms with E-state index in [1.54, 1.807) is 23.1 Å². The molecule has 0 spiro atoms. The third-order valence-corrected chi connectivity index (χ3v) is 7.13. The minimum atomic E-state index is -0.459. The first kappa shape index (κ1) is 24.4. The van der Waals surface area contributed by atoms with Crippen molar-refractivity contribution in [2.24, 2.45) is 5.92 Å². The number of nitro benzene ring substituents is 1. The van der Waals surface area contributed by atoms with Crippen LogP contribution in [-0.2, 0) is 9.59 Å². The van der Waals surface area contributed by atoms with Crippen molar-refractivity contribution in [3.8, 4) is 0 Å². The lowest BCUT2D eigenvalue weighted by atomic mass is 9.96. The van der Waals surface area contributed by atoms with Gasteiger partial charge in [0.1, 0.15) is 0 Å². The zero-order valence-corrected chi connectivity index (χ0v) is 20.4. The topological polar surface area (TPSA) is 87.0 Å². The zero-order chi connectivity index (χ0) is 24.9. The zero-order valence-electron chi connectivity index (χ0n) is 20.4. The molecule has 0 aromatic heterocycles. The molecule has 0 radical (unpaired) electrons. The van der Waals surface area contributed by atoms with Crippen molar-refractivity contribution >= 4 is 29.3 Å². The number of carbonyl (C=O) groups is 2. The number of para-hydroxylation sites is 1. The van der Waals surface area contributed by atoms with E-state index in [0.29, 0.717) is 31.7 Å². The highest BCUT2D eigenvalue weighted by molar-refractivity contribution is 5.93. The van der Waals surface area contributed by atoms with E-state index in [4.69, 9.17) is 0 Å². The Morgan fingerprint density at radius 3 is 2.46 bits per heavy atom. The molecule has 2 fully saturated rings. The second-order valence-electron chi connectivity index (χ2n) is 9.30. The van der Waals surface area contributed by atoms with Crippen molar-refractivity contribution in [3.05, 3.63) is 75.3 Å². The Morgan fingerprint density at radius 2 is 1.71 bits per heavy atom. The number of piperazine rings is 1. The van der Waals surface area contributed by atoms with E-state index >= 15 is 0 Å². The van der Waals surface area contributed by atoms with Gasteiger partial charge < -0.3 is 14.7 Å². The lowest BCUT2D eigenvalue weighted by Crippen LogP contribution is -2.53. The average molecular weight is 477 g/mol. The molecule has 8 heteroatoms. The minimum absolute atomic E-state index is 0.0387. The van der Waals surface area contributed by atoms with Gasteiger partial charge >= 0.3 is 0 Å². The summed E-state index contributed by atoms with van der Waals surface area (Å²) in [6.07, 6.45) is 4.40. The highest BCUT2D eigenvalue weighted by atomic mass is 16.6. The van der Waals surface area contributed by atoms with Crippen LogP contribution in [0.1, 0.15) is 29.5 Å². The molecule has 2 aliphatic heterocycles. The molecular weight excluding hydrogens is 444 g/mol. The molecular formula is C27H32N4O4. The lowest BCUT2D eigenvalue weighted by molar-refractivity contribution is -0.385. The van der Waals surface area contributed by atoms with E-state index in [1.165, 1.54) is 35.0 Å². The number of carbonyl (C=O) groups excluding carboxylic acids is 2. The SMILES string of the molecule is Cc1cccc(N2CCN(C(=O)C3CCCN(C(=O)/C=C/c4ccccc4[N+](=O)[O-])C3)CC2)c1C. The van der Waals surface area contributed by atoms with Crippen LogP contribution in [0.3, 0.4) is 0 Å². The predicted octanol–water partition coefficient (Wildman–Crippen LogP) is 3.81. The Balaban J connectivity index is 1.34. The molecule has 2 amide bonds. The number of amides is 2. The molecule has 2 aromatic carbocycles. The van der Waals surface area contributed by atoms with Gasteiger partial charge in [-0.3, -0.25) is 19.7 Å². The fraction of sp³-hybridized carbons (Fsp3) is 0.407. The fourth-order valence-corrected chi connectivity index (χ4v) is 4.94. The number of hydrogen-bond donors (Lipinski definition) is 0. The molecule has 2 heterocycles. The highest BCUT2D eigenvalue weighted by Gasteiger charge is 2.32. The average Bonchev–Trinajstić information content (AvgIpc) is 2.88. The number of anilines is 1. The van der Waals surface area contributed by atoms with E-state index in [1.807, 2.05) is 4.90 Å². The number of likely N-dealkylation sites (tertiary alicyclic amines) is 1. The van der Waals surface area contributed by atoms with E-state index in [2.05, 4.69) is 36.9 Å². The van der Waals surface area contributed by atoms with Crippen molar-refractivity contribution in [2.45, 2.75) is 26.7 Å². The summed E-state index contributed by atoms with van der Waals surface area (Å²) in [7, 11) is 0. The summed E-state index contributed by atoms with van der Waals surface area (Å²) >= 11 is 0. The van der Waals surface area contributed by atoms with Crippen LogP contribution in [0.15, 0.2) is 48.5 Å². The molecule has 0 bridgehead atoms. The second-order valence-corrected chi connectivity index (χ2v) is 9.30. The molecule has 2 saturated heterocycles. The van der Waals surface area contributed by atoms with Gasteiger partial charge in [0, 0.05) is 57.1 Å². The summed E-state index contributed by atoms with van der Waals surface area (Å²) in [5.41, 5.74) is 4.13. The summed E-state index contributed by atoms with van der Waals surface area (Å²) in [4.78, 5) is 42.8. The molecule has 184 valence electrons. The van der Waals surface area contributed by atoms with Gasteiger partial charge in [-0.05, 0) is 56.0 Å². The van der Waals surface area contributed by atoms with Gasteiger partial charge in [0.25, 0.3) is 5.69 Å². The molecule has 0 saturated carbocycles. The molecule has 1 unspecified atom stereocenters. The van der Waals surface area contributed by atoms with Gasteiger partial charge in [0.05, 0.1) is 16.4 Å². The molecule has 0 N–H and O–H groups in total. The maximum Gasteiger partial charge on any atom is 0.276 e. The van der Waals surface area contributed by atoms with E-state index in [0.717, 1.165) is 25.9 Å². The molecule has 35 heavy (non-hydrogen) atoms. The summed E-state index contributed by atoms with van der Waals surface area (Å²) in [6, 6.07) is 12.7. The Kier molecular flexibility index (Phi) is 7.48. The number of aryl methyl sites for hydroxylation is 1. The molecule has 2 aromatic rings. The number of benzene rings is 2. The second kappa shape index (κ2) is 10.7. The number of nitrogens with zero attached hydrogens (tertiary/aromatic N) is 4. The van der Waals surface area contributed by atoms with Crippen molar-refractivity contribution in [1.82, 2.24) is 9.80 Å². The summed E-state index contributed by atoms with van der Waals surface area (Å²) in [6.45, 7) is 8.17. The quantitative estimate of drug-likeness (QED) is 0.372. The molecule has 1 atom stereocenters. The van der Waals surface area contributed by atoms with Crippen LogP contribution in [0.4, 0.5) is 11.4 Å². The van der Waals surface area contributed by atoms with Crippen LogP contribution in [0.5, 0.6) is 0 Å². The normalized spacial score (nSPS) is 18.7. The fourth-order valence-electron chi connectivity index (χ4n) is 4.94. The smallest absolute Gasteiger partial charge is 0.276 e. The van der Waals surface area contributed by atoms with Crippen molar-refractivity contribution < 1.29 is 14.5 Å². The first-order valence-corrected chi connectivity index (χ1v) is 12.2. The van der Waals surface area contributed by atoms with Crippen molar-refractivity contribution in [2.75, 3.05) is 44.2 Å². The van der Waals surface area contributed by atoms with E-state index < -0.39 is 4.92 Å². The Bertz CT molecular complexity index is 1140. The minimum Gasteiger partial charge on any atom is -0.368 e. The maximum atomic E-state index is 13.3. The first-order valence-electron chi connectivity index (χ1n) is 12.2. The van der Waals surface area contributed by atoms with Crippen LogP contribution in [0, 0.1) is 29.9 Å². The largest absolute Gasteiger partial charge is 0.368 e. The van der Waals surface area contributed by atoms with Gasteiger partial charge in [0.15, 0.2) is 0 Å². The standard InChI is InChI=1S/C27H32N4O4/c1-20-7-5-11-24(21(20)2)28-15-17-29(18-16-28)27(33)23-9-6-14-30(19-23)26(32)13-12-22-8-3-4-10-25(22)31(34)35/h3-5,7-8,10-13,23H,6,9,14-19H2,1-2H3/b13-12+. The van der Waals surface area contributed by atoms with E-state index in [9.17, 15) is 19.7 Å². The summed E-state index contributed by atoms with van der Waals surface area (Å²) in [5.74, 6) is -0.314. The molecule has 4 rings (SSSR count). The third-order valence-electron chi connectivity index (χ3n) is 7.13. The Hall–Kier alpha value is -3.68. The Labute approximate surface area is 206 Å². The molecule has 8 nitrogen and oxygen atoms in total. The molecule has 2 aliphatic rings. The highest BCUT2D eigenvalue weighted by Crippen LogP contribution is 2.26. The summed E-state index contributed by atoms with van der Waals surface area (Å²) < 4.78 is 0. The van der Waals surface area contributed by atoms with Crippen LogP contribution in [0.2, 0.25) is 0 Å². The van der Waals surface area contributed by atoms with E-state index in [-0.39, 0.29) is 23.4 Å². The van der Waals surface area contributed by atoms with Crippen molar-refractivity contribution in [1.29, 1.82) is 0 Å². The number of rotatable bonds is 5. The summed E-state index contributed by atoms with van der Waals surface area (Å²) in [5, 5.41) is 11.2. The monoisotopic (exact) mass is 476 g/mol. The first-order chi connectivity index (χ1) is 16.8. The van der Waals surface area contributed by atoms with Gasteiger partial charge in [0.2, 0.25) is 11.8 Å². The van der Waals surface area contributed by atoms with Crippen LogP contribution in [0.25, 0.3) is 6.08 Å². The number of nitro groups is 1. The van der Waals surface area contributed by atoms with Gasteiger partial charge in [-0.15, -0.1) is 0 Å². The van der Waals surface area contributed by atoms with Gasteiger partial charge in [-0.2, -0.15) is 0 Å². The van der Waals surface area contributed by atoms with Gasteiger partial charge in [-0.1, -0.05) is 24.3 Å². The number of piperidine rings is 1. The predicted molar refractivity (Wildman–Crippen MR) is 136 cm³/mol. The van der Waals surface area contributed by atoms with Crippen LogP contribution >= 0.6 is 0 Å². The van der Waals surface area contributed by atoms with Gasteiger partial charge in [-0.25, -0.2) is 0 Å². The van der Waals surface area contributed by atoms with Crippen molar-refractivity contribution in [3.63, 3.8) is 0 Å². The third kappa shape index (κ3) is 5.53. The Morgan fingerprint density at radius 1 is 0.971 bits per heavy atom. The van der Waals surface area contributed by atoms with Crippen LogP contribution < -0.4 is 4.90 Å². The maximum absolute atomic E-state index is 13.3. The number of hydrogen-bond acceptors (Lipinski definition) is 5. The lowest BCUT2D eigenvalue weighted by Gasteiger charge is -2.40. The molecule has 0 aliphatic carbocycles.